The van der Waals surface area contributed by atoms with E-state index in [1.807, 2.05) is 19.9 Å². The van der Waals surface area contributed by atoms with Gasteiger partial charge in [-0.2, -0.15) is 0 Å². The Morgan fingerprint density at radius 2 is 2.20 bits per heavy atom. The Morgan fingerprint density at radius 1 is 1.40 bits per heavy atom. The molecule has 0 aromatic heterocycles. The predicted molar refractivity (Wildman–Crippen MR) is 60.6 cm³/mol. The third kappa shape index (κ3) is 2.20. The topological polar surface area (TPSA) is 12.0 Å². The number of benzene rings is 1. The molecule has 1 fully saturated rings. The Hall–Kier alpha value is -0.890. The number of nitrogens with one attached hydrogen (secondary N) is 1. The van der Waals surface area contributed by atoms with Crippen molar-refractivity contribution in [2.45, 2.75) is 39.2 Å². The summed E-state index contributed by atoms with van der Waals surface area (Å²) >= 11 is 0. The molecule has 15 heavy (non-hydrogen) atoms. The fourth-order valence-corrected chi connectivity index (χ4v) is 2.28. The van der Waals surface area contributed by atoms with Gasteiger partial charge in [0.25, 0.3) is 0 Å². The zero-order valence-corrected chi connectivity index (χ0v) is 9.44. The molecule has 1 N–H and O–H groups in total. The van der Waals surface area contributed by atoms with Crippen LogP contribution in [-0.2, 0) is 6.42 Å². The highest BCUT2D eigenvalue weighted by atomic mass is 19.1. The van der Waals surface area contributed by atoms with E-state index in [4.69, 9.17) is 0 Å². The average Bonchev–Trinajstić information content (AvgIpc) is 2.72. The molecule has 1 aliphatic rings. The Kier molecular flexibility index (Phi) is 3.06. The van der Waals surface area contributed by atoms with Crippen molar-refractivity contribution in [3.63, 3.8) is 0 Å². The first-order valence-electron chi connectivity index (χ1n) is 5.66. The Bertz CT molecular complexity index is 354. The lowest BCUT2D eigenvalue weighted by Gasteiger charge is -2.13. The zero-order chi connectivity index (χ0) is 10.8. The van der Waals surface area contributed by atoms with E-state index in [0.29, 0.717) is 6.04 Å². The largest absolute Gasteiger partial charge is 0.314 e. The molecule has 82 valence electrons. The van der Waals surface area contributed by atoms with Crippen LogP contribution < -0.4 is 5.32 Å². The second-order valence-electron chi connectivity index (χ2n) is 4.48. The van der Waals surface area contributed by atoms with Crippen molar-refractivity contribution in [3.05, 3.63) is 34.6 Å². The second-order valence-corrected chi connectivity index (χ2v) is 4.48. The fourth-order valence-electron chi connectivity index (χ4n) is 2.28. The molecule has 1 nitrogen and oxygen atoms in total. The van der Waals surface area contributed by atoms with Crippen molar-refractivity contribution in [1.29, 1.82) is 0 Å². The molecule has 2 heteroatoms. The molecular formula is C13H18FN. The summed E-state index contributed by atoms with van der Waals surface area (Å²) in [4.78, 5) is 0. The average molecular weight is 207 g/mol. The Balaban J connectivity index is 2.17. The van der Waals surface area contributed by atoms with Crippen molar-refractivity contribution < 1.29 is 4.39 Å². The maximum atomic E-state index is 13.6. The van der Waals surface area contributed by atoms with Gasteiger partial charge in [-0.05, 0) is 56.3 Å². The first-order chi connectivity index (χ1) is 7.18. The minimum Gasteiger partial charge on any atom is -0.314 e. The van der Waals surface area contributed by atoms with E-state index in [-0.39, 0.29) is 5.82 Å². The number of halogens is 1. The van der Waals surface area contributed by atoms with Crippen LogP contribution in [0.25, 0.3) is 0 Å². The van der Waals surface area contributed by atoms with E-state index >= 15 is 0 Å². The quantitative estimate of drug-likeness (QED) is 0.786. The van der Waals surface area contributed by atoms with Crippen molar-refractivity contribution in [2.24, 2.45) is 0 Å². The normalized spacial score (nSPS) is 20.9. The molecule has 0 bridgehead atoms. The van der Waals surface area contributed by atoms with Gasteiger partial charge in [0.1, 0.15) is 5.82 Å². The molecule has 1 saturated heterocycles. The number of hydrogen-bond acceptors (Lipinski definition) is 1. The number of aryl methyl sites for hydroxylation is 1. The molecule has 1 aliphatic heterocycles. The summed E-state index contributed by atoms with van der Waals surface area (Å²) in [5.74, 6) is -0.0366. The molecule has 0 amide bonds. The summed E-state index contributed by atoms with van der Waals surface area (Å²) in [6, 6.07) is 4.49. The van der Waals surface area contributed by atoms with Gasteiger partial charge in [-0.15, -0.1) is 0 Å². The van der Waals surface area contributed by atoms with E-state index in [1.165, 1.54) is 12.8 Å². The monoisotopic (exact) mass is 207 g/mol. The van der Waals surface area contributed by atoms with Crippen LogP contribution in [-0.4, -0.2) is 12.6 Å². The molecule has 1 unspecified atom stereocenters. The summed E-state index contributed by atoms with van der Waals surface area (Å²) < 4.78 is 13.6. The van der Waals surface area contributed by atoms with Gasteiger partial charge in [0.2, 0.25) is 0 Å². The zero-order valence-electron chi connectivity index (χ0n) is 9.44. The third-order valence-electron chi connectivity index (χ3n) is 3.32. The highest BCUT2D eigenvalue weighted by Crippen LogP contribution is 2.20. The first kappa shape index (κ1) is 10.6. The van der Waals surface area contributed by atoms with Crippen molar-refractivity contribution in [3.8, 4) is 0 Å². The number of rotatable bonds is 2. The first-order valence-corrected chi connectivity index (χ1v) is 5.66. The second kappa shape index (κ2) is 4.31. The Morgan fingerprint density at radius 3 is 2.87 bits per heavy atom. The van der Waals surface area contributed by atoms with Gasteiger partial charge in [0, 0.05) is 6.04 Å². The van der Waals surface area contributed by atoms with E-state index in [2.05, 4.69) is 11.4 Å². The van der Waals surface area contributed by atoms with E-state index in [1.54, 1.807) is 0 Å². The van der Waals surface area contributed by atoms with Gasteiger partial charge < -0.3 is 5.32 Å². The van der Waals surface area contributed by atoms with E-state index < -0.39 is 0 Å². The minimum atomic E-state index is -0.0366. The molecule has 1 atom stereocenters. The van der Waals surface area contributed by atoms with Gasteiger partial charge >= 0.3 is 0 Å². The molecule has 0 spiro atoms. The van der Waals surface area contributed by atoms with Gasteiger partial charge in [-0.25, -0.2) is 4.39 Å². The fraction of sp³-hybridized carbons (Fsp3) is 0.538. The summed E-state index contributed by atoms with van der Waals surface area (Å²) in [7, 11) is 0. The summed E-state index contributed by atoms with van der Waals surface area (Å²) in [6.45, 7) is 4.81. The Labute approximate surface area is 90.7 Å². The maximum Gasteiger partial charge on any atom is 0.129 e. The van der Waals surface area contributed by atoms with Crippen molar-refractivity contribution in [1.82, 2.24) is 5.32 Å². The molecule has 0 radical (unpaired) electrons. The predicted octanol–water partition coefficient (Wildman–Crippen LogP) is 2.74. The molecule has 0 saturated carbocycles. The lowest BCUT2D eigenvalue weighted by molar-refractivity contribution is 0.582. The van der Waals surface area contributed by atoms with Crippen molar-refractivity contribution in [2.75, 3.05) is 6.54 Å². The lowest BCUT2D eigenvalue weighted by atomic mass is 9.98. The van der Waals surface area contributed by atoms with Crippen LogP contribution in [0.5, 0.6) is 0 Å². The van der Waals surface area contributed by atoms with E-state index in [0.717, 1.165) is 29.7 Å². The van der Waals surface area contributed by atoms with Crippen LogP contribution in [0.4, 0.5) is 4.39 Å². The lowest BCUT2D eigenvalue weighted by Crippen LogP contribution is -2.24. The standard InChI is InChI=1S/C13H18FN/c1-9-5-6-11(10(2)13(9)14)8-12-4-3-7-15-12/h5-6,12,15H,3-4,7-8H2,1-2H3. The maximum absolute atomic E-state index is 13.6. The van der Waals surface area contributed by atoms with Crippen molar-refractivity contribution >= 4 is 0 Å². The van der Waals surface area contributed by atoms with Crippen LogP contribution in [0.1, 0.15) is 29.5 Å². The third-order valence-corrected chi connectivity index (χ3v) is 3.32. The van der Waals surface area contributed by atoms with Gasteiger partial charge in [-0.1, -0.05) is 12.1 Å². The molecule has 2 rings (SSSR count). The van der Waals surface area contributed by atoms with Crippen LogP contribution in [0, 0.1) is 19.7 Å². The summed E-state index contributed by atoms with van der Waals surface area (Å²) in [5, 5.41) is 3.44. The molecule has 0 aliphatic carbocycles. The van der Waals surface area contributed by atoms with Gasteiger partial charge in [-0.3, -0.25) is 0 Å². The van der Waals surface area contributed by atoms with Crippen LogP contribution >= 0.6 is 0 Å². The highest BCUT2D eigenvalue weighted by Gasteiger charge is 2.16. The van der Waals surface area contributed by atoms with Crippen LogP contribution in [0.2, 0.25) is 0 Å². The summed E-state index contributed by atoms with van der Waals surface area (Å²) in [6.07, 6.45) is 3.43. The molecule has 1 aromatic carbocycles. The highest BCUT2D eigenvalue weighted by molar-refractivity contribution is 5.33. The molecule has 1 aromatic rings. The van der Waals surface area contributed by atoms with Crippen LogP contribution in [0.3, 0.4) is 0 Å². The summed E-state index contributed by atoms with van der Waals surface area (Å²) in [5.41, 5.74) is 2.72. The molecular weight excluding hydrogens is 189 g/mol. The van der Waals surface area contributed by atoms with Gasteiger partial charge in [0.05, 0.1) is 0 Å². The minimum absolute atomic E-state index is 0.0366. The molecule has 1 heterocycles. The van der Waals surface area contributed by atoms with E-state index in [9.17, 15) is 4.39 Å². The SMILES string of the molecule is Cc1ccc(CC2CCCN2)c(C)c1F. The van der Waals surface area contributed by atoms with Gasteiger partial charge in [0.15, 0.2) is 0 Å². The van der Waals surface area contributed by atoms with Crippen LogP contribution in [0.15, 0.2) is 12.1 Å². The smallest absolute Gasteiger partial charge is 0.129 e. The number of hydrogen-bond donors (Lipinski definition) is 1.